The van der Waals surface area contributed by atoms with Crippen LogP contribution in [0.4, 0.5) is 0 Å². The third-order valence-corrected chi connectivity index (χ3v) is 4.83. The Balaban J connectivity index is 1.50. The van der Waals surface area contributed by atoms with E-state index in [1.54, 1.807) is 12.3 Å². The van der Waals surface area contributed by atoms with Gasteiger partial charge in [0, 0.05) is 25.3 Å². The number of morpholine rings is 1. The maximum atomic E-state index is 10.4. The third kappa shape index (κ3) is 3.46. The summed E-state index contributed by atoms with van der Waals surface area (Å²) in [5, 5.41) is 10.4. The number of imidazole rings is 1. The molecule has 3 aromatic heterocycles. The lowest BCUT2D eigenvalue weighted by atomic mass is 10.1. The summed E-state index contributed by atoms with van der Waals surface area (Å²) in [6, 6.07) is 7.93. The van der Waals surface area contributed by atoms with Gasteiger partial charge in [0.2, 0.25) is 0 Å². The molecule has 4 rings (SSSR count). The number of hydrogen-bond donors (Lipinski definition) is 1. The summed E-state index contributed by atoms with van der Waals surface area (Å²) < 4.78 is 13.1. The third-order valence-electron chi connectivity index (χ3n) is 4.83. The smallest absolute Gasteiger partial charge is 0.137 e. The van der Waals surface area contributed by atoms with E-state index in [4.69, 9.17) is 9.15 Å². The summed E-state index contributed by atoms with van der Waals surface area (Å²) in [5.41, 5.74) is 3.32. The molecule has 4 heterocycles. The molecule has 1 fully saturated rings. The SMILES string of the molecule is Cc1ccn2c(CN3CCOCC3CC(O)c3ccco3)cnc2c1. The standard InChI is InChI=1S/C19H23N3O3/c1-14-4-5-22-16(11-20-19(22)9-14)12-21-6-8-24-13-15(21)10-17(23)18-3-2-7-25-18/h2-5,7,9,11,15,17,23H,6,8,10,12-13H2,1H3. The lowest BCUT2D eigenvalue weighted by molar-refractivity contribution is -0.0328. The first-order chi connectivity index (χ1) is 12.2. The molecule has 3 aromatic rings. The topological polar surface area (TPSA) is 63.1 Å². The predicted molar refractivity (Wildman–Crippen MR) is 93.2 cm³/mol. The molecule has 6 heteroatoms. The van der Waals surface area contributed by atoms with Crippen LogP contribution in [-0.4, -0.2) is 45.2 Å². The van der Waals surface area contributed by atoms with Gasteiger partial charge in [0.15, 0.2) is 0 Å². The van der Waals surface area contributed by atoms with Gasteiger partial charge in [-0.2, -0.15) is 0 Å². The second kappa shape index (κ2) is 7.00. The number of hydrogen-bond acceptors (Lipinski definition) is 5. The van der Waals surface area contributed by atoms with E-state index >= 15 is 0 Å². The Hall–Kier alpha value is -2.15. The molecule has 0 aliphatic carbocycles. The molecule has 0 aromatic carbocycles. The van der Waals surface area contributed by atoms with Gasteiger partial charge in [-0.15, -0.1) is 0 Å². The van der Waals surface area contributed by atoms with E-state index < -0.39 is 6.10 Å². The number of fused-ring (bicyclic) bond motifs is 1. The van der Waals surface area contributed by atoms with E-state index in [1.165, 1.54) is 5.56 Å². The average Bonchev–Trinajstić information content (AvgIpc) is 3.27. The number of aliphatic hydroxyl groups excluding tert-OH is 1. The molecule has 6 nitrogen and oxygen atoms in total. The normalized spacial score (nSPS) is 20.2. The van der Waals surface area contributed by atoms with E-state index in [0.29, 0.717) is 25.4 Å². The minimum absolute atomic E-state index is 0.143. The van der Waals surface area contributed by atoms with Crippen molar-refractivity contribution in [1.82, 2.24) is 14.3 Å². The fraction of sp³-hybridized carbons (Fsp3) is 0.421. The molecule has 0 radical (unpaired) electrons. The van der Waals surface area contributed by atoms with Crippen LogP contribution in [0.25, 0.3) is 5.65 Å². The van der Waals surface area contributed by atoms with Crippen molar-refractivity contribution in [3.8, 4) is 0 Å². The van der Waals surface area contributed by atoms with Crippen molar-refractivity contribution in [2.45, 2.75) is 32.0 Å². The van der Waals surface area contributed by atoms with Crippen LogP contribution in [0, 0.1) is 6.92 Å². The van der Waals surface area contributed by atoms with Crippen molar-refractivity contribution >= 4 is 5.65 Å². The van der Waals surface area contributed by atoms with E-state index in [1.807, 2.05) is 12.3 Å². The van der Waals surface area contributed by atoms with Gasteiger partial charge in [0.25, 0.3) is 0 Å². The average molecular weight is 341 g/mol. The van der Waals surface area contributed by atoms with Gasteiger partial charge in [0.05, 0.1) is 31.4 Å². The molecular weight excluding hydrogens is 318 g/mol. The number of aliphatic hydroxyl groups is 1. The van der Waals surface area contributed by atoms with Crippen molar-refractivity contribution in [3.05, 3.63) is 59.9 Å². The highest BCUT2D eigenvalue weighted by molar-refractivity contribution is 5.42. The molecule has 132 valence electrons. The van der Waals surface area contributed by atoms with Crippen molar-refractivity contribution in [3.63, 3.8) is 0 Å². The molecule has 0 amide bonds. The zero-order chi connectivity index (χ0) is 17.2. The molecular formula is C19H23N3O3. The molecule has 0 spiro atoms. The van der Waals surface area contributed by atoms with E-state index in [0.717, 1.165) is 24.4 Å². The zero-order valence-electron chi connectivity index (χ0n) is 14.3. The van der Waals surface area contributed by atoms with Crippen LogP contribution in [0.15, 0.2) is 47.3 Å². The monoisotopic (exact) mass is 341 g/mol. The van der Waals surface area contributed by atoms with Crippen molar-refractivity contribution in [2.75, 3.05) is 19.8 Å². The molecule has 25 heavy (non-hydrogen) atoms. The Kier molecular flexibility index (Phi) is 4.57. The van der Waals surface area contributed by atoms with Crippen LogP contribution in [-0.2, 0) is 11.3 Å². The maximum absolute atomic E-state index is 10.4. The Morgan fingerprint density at radius 3 is 3.16 bits per heavy atom. The maximum Gasteiger partial charge on any atom is 0.137 e. The predicted octanol–water partition coefficient (Wildman–Crippen LogP) is 2.56. The number of ether oxygens (including phenoxy) is 1. The molecule has 0 saturated carbocycles. The Morgan fingerprint density at radius 1 is 1.40 bits per heavy atom. The van der Waals surface area contributed by atoms with Crippen molar-refractivity contribution in [2.24, 2.45) is 0 Å². The first-order valence-electron chi connectivity index (χ1n) is 8.66. The number of nitrogens with zero attached hydrogens (tertiary/aromatic N) is 3. The molecule has 1 saturated heterocycles. The van der Waals surface area contributed by atoms with E-state index in [9.17, 15) is 5.11 Å². The highest BCUT2D eigenvalue weighted by Crippen LogP contribution is 2.24. The summed E-state index contributed by atoms with van der Waals surface area (Å²) in [6.07, 6.45) is 5.57. The van der Waals surface area contributed by atoms with Crippen LogP contribution in [0.1, 0.15) is 29.5 Å². The summed E-state index contributed by atoms with van der Waals surface area (Å²) in [7, 11) is 0. The van der Waals surface area contributed by atoms with Crippen LogP contribution in [0.2, 0.25) is 0 Å². The summed E-state index contributed by atoms with van der Waals surface area (Å²) in [4.78, 5) is 6.87. The van der Waals surface area contributed by atoms with E-state index in [2.05, 4.69) is 39.5 Å². The van der Waals surface area contributed by atoms with Gasteiger partial charge in [-0.3, -0.25) is 4.90 Å². The fourth-order valence-electron chi connectivity index (χ4n) is 3.43. The lowest BCUT2D eigenvalue weighted by Gasteiger charge is -2.36. The quantitative estimate of drug-likeness (QED) is 0.773. The van der Waals surface area contributed by atoms with Gasteiger partial charge >= 0.3 is 0 Å². The van der Waals surface area contributed by atoms with Gasteiger partial charge in [-0.25, -0.2) is 4.98 Å². The molecule has 1 aliphatic rings. The highest BCUT2D eigenvalue weighted by Gasteiger charge is 2.27. The first kappa shape index (κ1) is 16.3. The van der Waals surface area contributed by atoms with Crippen molar-refractivity contribution < 1.29 is 14.3 Å². The number of pyridine rings is 1. The van der Waals surface area contributed by atoms with Crippen LogP contribution in [0.5, 0.6) is 0 Å². The molecule has 1 N–H and O–H groups in total. The Morgan fingerprint density at radius 2 is 2.32 bits per heavy atom. The van der Waals surface area contributed by atoms with Crippen LogP contribution in [0.3, 0.4) is 0 Å². The van der Waals surface area contributed by atoms with Gasteiger partial charge in [-0.1, -0.05) is 0 Å². The Bertz CT molecular complexity index is 828. The first-order valence-corrected chi connectivity index (χ1v) is 8.66. The van der Waals surface area contributed by atoms with Gasteiger partial charge in [-0.05, 0) is 43.2 Å². The Labute approximate surface area is 146 Å². The van der Waals surface area contributed by atoms with Crippen LogP contribution < -0.4 is 0 Å². The molecule has 2 atom stereocenters. The second-order valence-electron chi connectivity index (χ2n) is 6.65. The minimum Gasteiger partial charge on any atom is -0.467 e. The highest BCUT2D eigenvalue weighted by atomic mass is 16.5. The second-order valence-corrected chi connectivity index (χ2v) is 6.65. The summed E-state index contributed by atoms with van der Waals surface area (Å²) in [5.74, 6) is 0.607. The zero-order valence-corrected chi connectivity index (χ0v) is 14.3. The lowest BCUT2D eigenvalue weighted by Crippen LogP contribution is -2.45. The fourth-order valence-corrected chi connectivity index (χ4v) is 3.43. The van der Waals surface area contributed by atoms with Gasteiger partial charge in [0.1, 0.15) is 17.5 Å². The number of furan rings is 1. The number of aryl methyl sites for hydroxylation is 1. The molecule has 2 unspecified atom stereocenters. The molecule has 1 aliphatic heterocycles. The summed E-state index contributed by atoms with van der Waals surface area (Å²) >= 11 is 0. The largest absolute Gasteiger partial charge is 0.467 e. The number of aromatic nitrogens is 2. The van der Waals surface area contributed by atoms with Gasteiger partial charge < -0.3 is 18.7 Å². The van der Waals surface area contributed by atoms with Crippen LogP contribution >= 0.6 is 0 Å². The molecule has 0 bridgehead atoms. The number of rotatable bonds is 5. The minimum atomic E-state index is -0.617. The summed E-state index contributed by atoms with van der Waals surface area (Å²) in [6.45, 7) is 5.02. The van der Waals surface area contributed by atoms with E-state index in [-0.39, 0.29) is 6.04 Å². The van der Waals surface area contributed by atoms with Crippen molar-refractivity contribution in [1.29, 1.82) is 0 Å².